The number of carbonyl (C=O) groups excluding carboxylic acids is 1. The van der Waals surface area contributed by atoms with E-state index in [2.05, 4.69) is 29.6 Å². The highest BCUT2D eigenvalue weighted by Gasteiger charge is 2.09. The summed E-state index contributed by atoms with van der Waals surface area (Å²) in [5.41, 5.74) is 4.38. The first-order valence-corrected chi connectivity index (χ1v) is 8.95. The van der Waals surface area contributed by atoms with E-state index in [1.165, 1.54) is 18.7 Å². The first-order valence-electron chi connectivity index (χ1n) is 8.95. The molecule has 0 aliphatic rings. The molecule has 2 aromatic carbocycles. The molecule has 6 heteroatoms. The molecule has 0 fully saturated rings. The highest BCUT2D eigenvalue weighted by molar-refractivity contribution is 5.86. The van der Waals surface area contributed by atoms with Crippen molar-refractivity contribution >= 4 is 12.1 Å². The van der Waals surface area contributed by atoms with Gasteiger partial charge in [-0.05, 0) is 36.2 Å². The molecule has 0 aliphatic heterocycles. The number of hydrazone groups is 1. The Bertz CT molecular complexity index is 757. The molecule has 144 valence electrons. The number of benzene rings is 2. The Morgan fingerprint density at radius 2 is 1.85 bits per heavy atom. The maximum absolute atomic E-state index is 10.9. The lowest BCUT2D eigenvalue weighted by atomic mass is 10.2. The maximum atomic E-state index is 10.9. The van der Waals surface area contributed by atoms with Crippen LogP contribution in [-0.2, 0) is 11.2 Å². The lowest BCUT2D eigenvalue weighted by Gasteiger charge is -2.13. The second-order valence-corrected chi connectivity index (χ2v) is 5.85. The molecule has 0 aliphatic carbocycles. The summed E-state index contributed by atoms with van der Waals surface area (Å²) in [6.07, 6.45) is 3.27. The predicted molar refractivity (Wildman–Crippen MR) is 106 cm³/mol. The first-order chi connectivity index (χ1) is 13.1. The van der Waals surface area contributed by atoms with Crippen molar-refractivity contribution in [1.29, 1.82) is 0 Å². The van der Waals surface area contributed by atoms with Gasteiger partial charge >= 0.3 is 0 Å². The molecule has 6 nitrogen and oxygen atoms in total. The third-order valence-corrected chi connectivity index (χ3v) is 3.79. The molecule has 2 aromatic rings. The van der Waals surface area contributed by atoms with Gasteiger partial charge in [-0.15, -0.1) is 0 Å². The molecular weight excluding hydrogens is 344 g/mol. The Morgan fingerprint density at radius 3 is 2.52 bits per heavy atom. The molecule has 1 amide bonds. The molecule has 0 unspecified atom stereocenters. The predicted octanol–water partition coefficient (Wildman–Crippen LogP) is 3.58. The second-order valence-electron chi connectivity index (χ2n) is 5.85. The Hall–Kier alpha value is -3.02. The standard InChI is InChI=1S/C21H26N2O4/c1-4-17-9-11-19(12-10-17)26-13-6-14-27-21-18(15-22-23-16(2)24)7-5-8-20(21)25-3/h5,7-12,15H,4,6,13-14H2,1-3H3,(H,23,24)/b22-15+. The van der Waals surface area contributed by atoms with Gasteiger partial charge in [-0.25, -0.2) is 5.43 Å². The van der Waals surface area contributed by atoms with Gasteiger partial charge in [-0.3, -0.25) is 4.79 Å². The number of hydrogen-bond donors (Lipinski definition) is 1. The topological polar surface area (TPSA) is 69.2 Å². The van der Waals surface area contributed by atoms with E-state index >= 15 is 0 Å². The van der Waals surface area contributed by atoms with Crippen LogP contribution in [0.5, 0.6) is 17.2 Å². The van der Waals surface area contributed by atoms with E-state index < -0.39 is 0 Å². The summed E-state index contributed by atoms with van der Waals surface area (Å²) in [5.74, 6) is 1.81. The SMILES string of the molecule is CCc1ccc(OCCCOc2c(/C=N/NC(C)=O)cccc2OC)cc1. The number of aryl methyl sites for hydroxylation is 1. The summed E-state index contributed by atoms with van der Waals surface area (Å²) in [4.78, 5) is 10.9. The monoisotopic (exact) mass is 370 g/mol. The van der Waals surface area contributed by atoms with Crippen LogP contribution in [0.2, 0.25) is 0 Å². The Labute approximate surface area is 160 Å². The maximum Gasteiger partial charge on any atom is 0.236 e. The minimum absolute atomic E-state index is 0.235. The number of nitrogens with zero attached hydrogens (tertiary/aromatic N) is 1. The van der Waals surface area contributed by atoms with Crippen molar-refractivity contribution in [2.75, 3.05) is 20.3 Å². The van der Waals surface area contributed by atoms with Crippen molar-refractivity contribution in [2.24, 2.45) is 5.10 Å². The average molecular weight is 370 g/mol. The van der Waals surface area contributed by atoms with Gasteiger partial charge in [0.05, 0.1) is 26.5 Å². The number of rotatable bonds is 10. The average Bonchev–Trinajstić information content (AvgIpc) is 2.68. The number of ether oxygens (including phenoxy) is 3. The molecule has 0 heterocycles. The van der Waals surface area contributed by atoms with Crippen LogP contribution in [-0.4, -0.2) is 32.4 Å². The van der Waals surface area contributed by atoms with Crippen LogP contribution in [0.25, 0.3) is 0 Å². The van der Waals surface area contributed by atoms with Gasteiger partial charge in [0.25, 0.3) is 0 Å². The van der Waals surface area contributed by atoms with Gasteiger partial charge in [-0.2, -0.15) is 5.10 Å². The summed E-state index contributed by atoms with van der Waals surface area (Å²) < 4.78 is 17.0. The van der Waals surface area contributed by atoms with Crippen molar-refractivity contribution in [2.45, 2.75) is 26.7 Å². The van der Waals surface area contributed by atoms with Crippen LogP contribution in [0.1, 0.15) is 31.4 Å². The van der Waals surface area contributed by atoms with E-state index in [4.69, 9.17) is 14.2 Å². The second kappa shape index (κ2) is 10.9. The summed E-state index contributed by atoms with van der Waals surface area (Å²) >= 11 is 0. The largest absolute Gasteiger partial charge is 0.493 e. The van der Waals surface area contributed by atoms with Crippen LogP contribution in [0.3, 0.4) is 0 Å². The molecule has 0 radical (unpaired) electrons. The fourth-order valence-corrected chi connectivity index (χ4v) is 2.39. The number of nitrogens with one attached hydrogen (secondary N) is 1. The summed E-state index contributed by atoms with van der Waals surface area (Å²) in [5, 5.41) is 3.89. The van der Waals surface area contributed by atoms with E-state index in [-0.39, 0.29) is 5.91 Å². The van der Waals surface area contributed by atoms with Crippen molar-refractivity contribution in [3.63, 3.8) is 0 Å². The zero-order valence-corrected chi connectivity index (χ0v) is 16.0. The molecule has 27 heavy (non-hydrogen) atoms. The lowest BCUT2D eigenvalue weighted by Crippen LogP contribution is -2.12. The van der Waals surface area contributed by atoms with E-state index in [1.807, 2.05) is 30.3 Å². The molecule has 0 saturated heterocycles. The minimum atomic E-state index is -0.235. The third-order valence-electron chi connectivity index (χ3n) is 3.79. The van der Waals surface area contributed by atoms with Gasteiger partial charge in [0.15, 0.2) is 11.5 Å². The van der Waals surface area contributed by atoms with E-state index in [9.17, 15) is 4.79 Å². The smallest absolute Gasteiger partial charge is 0.236 e. The quantitative estimate of drug-likeness (QED) is 0.394. The molecule has 0 saturated carbocycles. The number of para-hydroxylation sites is 1. The van der Waals surface area contributed by atoms with Crippen molar-refractivity contribution in [3.8, 4) is 17.2 Å². The zero-order valence-electron chi connectivity index (χ0n) is 16.0. The minimum Gasteiger partial charge on any atom is -0.493 e. The van der Waals surface area contributed by atoms with Crippen LogP contribution in [0, 0.1) is 0 Å². The summed E-state index contributed by atoms with van der Waals surface area (Å²) in [6, 6.07) is 13.6. The molecule has 2 rings (SSSR count). The normalized spacial score (nSPS) is 10.6. The number of amides is 1. The molecule has 0 aromatic heterocycles. The number of hydrogen-bond acceptors (Lipinski definition) is 5. The number of carbonyl (C=O) groups is 1. The molecule has 0 bridgehead atoms. The molecule has 1 N–H and O–H groups in total. The molecular formula is C21H26N2O4. The summed E-state index contributed by atoms with van der Waals surface area (Å²) in [6.45, 7) is 4.54. The Balaban J connectivity index is 1.88. The highest BCUT2D eigenvalue weighted by Crippen LogP contribution is 2.30. The van der Waals surface area contributed by atoms with Crippen molar-refractivity contribution in [1.82, 2.24) is 5.43 Å². The first kappa shape index (κ1) is 20.3. The third kappa shape index (κ3) is 6.66. The van der Waals surface area contributed by atoms with Gasteiger partial charge in [0, 0.05) is 18.9 Å². The molecule has 0 spiro atoms. The van der Waals surface area contributed by atoms with Crippen LogP contribution in [0.15, 0.2) is 47.6 Å². The van der Waals surface area contributed by atoms with E-state index in [1.54, 1.807) is 7.11 Å². The van der Waals surface area contributed by atoms with E-state index in [0.717, 1.165) is 24.2 Å². The van der Waals surface area contributed by atoms with Crippen LogP contribution >= 0.6 is 0 Å². The summed E-state index contributed by atoms with van der Waals surface area (Å²) in [7, 11) is 1.58. The van der Waals surface area contributed by atoms with Gasteiger partial charge in [-0.1, -0.05) is 25.1 Å². The fourth-order valence-electron chi connectivity index (χ4n) is 2.39. The van der Waals surface area contributed by atoms with Gasteiger partial charge in [0.1, 0.15) is 5.75 Å². The number of methoxy groups -OCH3 is 1. The zero-order chi connectivity index (χ0) is 19.5. The van der Waals surface area contributed by atoms with Gasteiger partial charge < -0.3 is 14.2 Å². The Morgan fingerprint density at radius 1 is 1.11 bits per heavy atom. The lowest BCUT2D eigenvalue weighted by molar-refractivity contribution is -0.118. The van der Waals surface area contributed by atoms with Crippen LogP contribution in [0.4, 0.5) is 0 Å². The Kier molecular flexibility index (Phi) is 8.16. The van der Waals surface area contributed by atoms with Gasteiger partial charge in [0.2, 0.25) is 5.91 Å². The fraction of sp³-hybridized carbons (Fsp3) is 0.333. The molecule has 0 atom stereocenters. The van der Waals surface area contributed by atoms with E-state index in [0.29, 0.717) is 24.7 Å². The van der Waals surface area contributed by atoms with Crippen molar-refractivity contribution < 1.29 is 19.0 Å². The van der Waals surface area contributed by atoms with Crippen LogP contribution < -0.4 is 19.6 Å². The highest BCUT2D eigenvalue weighted by atomic mass is 16.5. The van der Waals surface area contributed by atoms with Crippen molar-refractivity contribution in [3.05, 3.63) is 53.6 Å².